The normalized spacial score (nSPS) is 27.4. The minimum absolute atomic E-state index is 0.0796. The van der Waals surface area contributed by atoms with Gasteiger partial charge in [-0.3, -0.25) is 9.59 Å². The zero-order valence-corrected chi connectivity index (χ0v) is 25.9. The van der Waals surface area contributed by atoms with Crippen LogP contribution in [0.2, 0.25) is 0 Å². The third-order valence-electron chi connectivity index (χ3n) is 9.12. The lowest BCUT2D eigenvalue weighted by Crippen LogP contribution is -2.50. The second-order valence-electron chi connectivity index (χ2n) is 12.2. The van der Waals surface area contributed by atoms with Crippen molar-refractivity contribution in [2.24, 2.45) is 17.8 Å². The van der Waals surface area contributed by atoms with E-state index in [1.807, 2.05) is 72.8 Å². The molecule has 45 heavy (non-hydrogen) atoms. The van der Waals surface area contributed by atoms with E-state index in [1.165, 1.54) is 0 Å². The molecule has 2 amide bonds. The number of carbonyl (C=O) groups is 3. The fraction of sp³-hybridized carbons (Fsp3) is 0.417. The number of nitrogens with zero attached hydrogens (tertiary/aromatic N) is 3. The van der Waals surface area contributed by atoms with Gasteiger partial charge in [0.25, 0.3) is 0 Å². The van der Waals surface area contributed by atoms with E-state index >= 15 is 0 Å². The lowest BCUT2D eigenvalue weighted by molar-refractivity contribution is -0.150. The molecule has 1 aliphatic heterocycles. The minimum atomic E-state index is -1.09. The summed E-state index contributed by atoms with van der Waals surface area (Å²) in [7, 11) is 1.80. The Kier molecular flexibility index (Phi) is 8.96. The number of nitrogens with one attached hydrogen (secondary N) is 1. The van der Waals surface area contributed by atoms with E-state index in [1.54, 1.807) is 18.9 Å². The fourth-order valence-corrected chi connectivity index (χ4v) is 6.57. The van der Waals surface area contributed by atoms with Crippen LogP contribution in [0, 0.1) is 17.8 Å². The average molecular weight is 609 g/mol. The molecule has 0 bridgehead atoms. The molecule has 6 rings (SSSR count). The van der Waals surface area contributed by atoms with Crippen molar-refractivity contribution in [2.75, 3.05) is 20.2 Å². The van der Waals surface area contributed by atoms with Crippen LogP contribution in [0.4, 0.5) is 0 Å². The molecule has 0 unspecified atom stereocenters. The Bertz CT molecular complexity index is 1500. The van der Waals surface area contributed by atoms with Gasteiger partial charge in [0.1, 0.15) is 11.6 Å². The zero-order valence-electron chi connectivity index (χ0n) is 25.9. The number of ether oxygens (including phenoxy) is 2. The van der Waals surface area contributed by atoms with Gasteiger partial charge in [-0.2, -0.15) is 4.98 Å². The lowest BCUT2D eigenvalue weighted by Gasteiger charge is -2.26. The molecule has 0 radical (unpaired) electrons. The van der Waals surface area contributed by atoms with E-state index < -0.39 is 29.4 Å². The highest BCUT2D eigenvalue weighted by molar-refractivity contribution is 5.95. The van der Waals surface area contributed by atoms with Gasteiger partial charge in [0.05, 0.1) is 24.1 Å². The van der Waals surface area contributed by atoms with Crippen molar-refractivity contribution < 1.29 is 23.9 Å². The number of hydrogen-bond donors (Lipinski definition) is 1. The molecule has 3 aliphatic rings. The number of rotatable bonds is 6. The molecule has 1 N–H and O–H groups in total. The molecular formula is C36H40N4O5. The van der Waals surface area contributed by atoms with Crippen molar-refractivity contribution in [1.29, 1.82) is 0 Å². The molecule has 9 heteroatoms. The number of amides is 2. The minimum Gasteiger partial charge on any atom is -0.474 e. The van der Waals surface area contributed by atoms with Gasteiger partial charge in [-0.05, 0) is 45.4 Å². The quantitative estimate of drug-likeness (QED) is 0.302. The van der Waals surface area contributed by atoms with Crippen LogP contribution in [-0.4, -0.2) is 64.5 Å². The van der Waals surface area contributed by atoms with E-state index in [2.05, 4.69) is 11.4 Å². The number of allylic oxidation sites excluding steroid dienone is 1. The van der Waals surface area contributed by atoms with Gasteiger partial charge < -0.3 is 19.7 Å². The molecule has 2 aromatic carbocycles. The third kappa shape index (κ3) is 6.62. The summed E-state index contributed by atoms with van der Waals surface area (Å²) in [5.74, 6) is -1.27. The summed E-state index contributed by atoms with van der Waals surface area (Å²) in [4.78, 5) is 52.1. The number of hydrogen-bond acceptors (Lipinski definition) is 7. The molecule has 5 atom stereocenters. The van der Waals surface area contributed by atoms with Crippen molar-refractivity contribution in [3.05, 3.63) is 78.9 Å². The first kappa shape index (κ1) is 30.5. The van der Waals surface area contributed by atoms with Crippen molar-refractivity contribution in [2.45, 2.75) is 57.1 Å². The predicted molar refractivity (Wildman–Crippen MR) is 170 cm³/mol. The van der Waals surface area contributed by atoms with E-state index in [0.29, 0.717) is 43.2 Å². The Balaban J connectivity index is 1.29. The van der Waals surface area contributed by atoms with Crippen molar-refractivity contribution in [3.8, 4) is 28.5 Å². The highest BCUT2D eigenvalue weighted by Crippen LogP contribution is 2.47. The van der Waals surface area contributed by atoms with Crippen molar-refractivity contribution in [3.63, 3.8) is 0 Å². The Hall–Kier alpha value is -4.53. The van der Waals surface area contributed by atoms with Crippen molar-refractivity contribution >= 4 is 17.8 Å². The van der Waals surface area contributed by atoms with Crippen LogP contribution in [0.15, 0.2) is 78.9 Å². The van der Waals surface area contributed by atoms with Crippen LogP contribution in [0.5, 0.6) is 5.88 Å². The van der Waals surface area contributed by atoms with Gasteiger partial charge in [0.15, 0.2) is 5.82 Å². The standard InChI is InChI=1S/C36H40N4O5/c1-3-44-35(43)36-23-26(36)18-12-4-5-13-19-40(2)34(42)29-21-27(20-28(29)33(41)39-36)45-31-22-30(24-14-8-6-9-15-24)37-32(38-31)25-16-10-7-11-17-25/h6-12,14-18,22,26-29H,3-5,13,19-21,23H2,1-2H3,(H,39,41)/b18-12-/t26-,27-,28-,29-,36-/m1/s1. The van der Waals surface area contributed by atoms with E-state index in [9.17, 15) is 14.4 Å². The summed E-state index contributed by atoms with van der Waals surface area (Å²) in [6.07, 6.45) is 7.48. The highest BCUT2D eigenvalue weighted by Gasteiger charge is 2.62. The van der Waals surface area contributed by atoms with Crippen LogP contribution >= 0.6 is 0 Å². The first-order valence-corrected chi connectivity index (χ1v) is 16.0. The Labute approximate surface area is 264 Å². The zero-order chi connectivity index (χ0) is 31.4. The fourth-order valence-electron chi connectivity index (χ4n) is 6.57. The largest absolute Gasteiger partial charge is 0.474 e. The third-order valence-corrected chi connectivity index (χ3v) is 9.12. The summed E-state index contributed by atoms with van der Waals surface area (Å²) in [5.41, 5.74) is 1.41. The molecule has 2 saturated carbocycles. The Morgan fingerprint density at radius 3 is 2.42 bits per heavy atom. The second kappa shape index (κ2) is 13.2. The van der Waals surface area contributed by atoms with Crippen LogP contribution in [0.25, 0.3) is 22.6 Å². The summed E-state index contributed by atoms with van der Waals surface area (Å²) >= 11 is 0. The van der Waals surface area contributed by atoms with Crippen LogP contribution in [0.3, 0.4) is 0 Å². The molecule has 9 nitrogen and oxygen atoms in total. The van der Waals surface area contributed by atoms with Gasteiger partial charge in [-0.1, -0.05) is 72.8 Å². The number of esters is 1. The second-order valence-corrected chi connectivity index (χ2v) is 12.2. The predicted octanol–water partition coefficient (Wildman–Crippen LogP) is 5.22. The summed E-state index contributed by atoms with van der Waals surface area (Å²) in [5, 5.41) is 3.04. The molecule has 0 spiro atoms. The number of fused-ring (bicyclic) bond motifs is 2. The molecule has 234 valence electrons. The summed E-state index contributed by atoms with van der Waals surface area (Å²) in [6.45, 7) is 2.61. The Morgan fingerprint density at radius 2 is 1.69 bits per heavy atom. The monoisotopic (exact) mass is 608 g/mol. The van der Waals surface area contributed by atoms with Crippen molar-refractivity contribution in [1.82, 2.24) is 20.2 Å². The Morgan fingerprint density at radius 1 is 0.978 bits per heavy atom. The van der Waals surface area contributed by atoms with Gasteiger partial charge in [0, 0.05) is 36.7 Å². The molecule has 3 aromatic rings. The maximum absolute atomic E-state index is 14.0. The van der Waals surface area contributed by atoms with Crippen LogP contribution in [-0.2, 0) is 19.1 Å². The molecule has 2 aliphatic carbocycles. The van der Waals surface area contributed by atoms with Gasteiger partial charge >= 0.3 is 5.97 Å². The van der Waals surface area contributed by atoms with E-state index in [-0.39, 0.29) is 24.3 Å². The summed E-state index contributed by atoms with van der Waals surface area (Å²) in [6, 6.07) is 21.4. The first-order valence-electron chi connectivity index (χ1n) is 16.0. The van der Waals surface area contributed by atoms with Gasteiger partial charge in [0.2, 0.25) is 17.7 Å². The number of carbonyl (C=O) groups excluding carboxylic acids is 3. The maximum Gasteiger partial charge on any atom is 0.332 e. The van der Waals surface area contributed by atoms with E-state index in [4.69, 9.17) is 19.4 Å². The number of benzene rings is 2. The van der Waals surface area contributed by atoms with Gasteiger partial charge in [-0.25, -0.2) is 9.78 Å². The smallest absolute Gasteiger partial charge is 0.332 e. The SMILES string of the molecule is CCOC(=O)[C@@]12C[C@H]1/C=C\CCCCN(C)C(=O)[C@@H]1C[C@H](Oc3cc(-c4ccccc4)nc(-c4ccccc4)n3)C[C@H]1C(=O)N2. The average Bonchev–Trinajstić information content (AvgIpc) is 3.60. The first-order chi connectivity index (χ1) is 21.9. The molecule has 2 fully saturated rings. The highest BCUT2D eigenvalue weighted by atomic mass is 16.5. The van der Waals surface area contributed by atoms with Crippen LogP contribution < -0.4 is 10.1 Å². The topological polar surface area (TPSA) is 111 Å². The molecule has 2 heterocycles. The number of aromatic nitrogens is 2. The van der Waals surface area contributed by atoms with Gasteiger partial charge in [-0.15, -0.1) is 0 Å². The summed E-state index contributed by atoms with van der Waals surface area (Å²) < 4.78 is 11.9. The lowest BCUT2D eigenvalue weighted by atomic mass is 9.93. The molecule has 1 aromatic heterocycles. The van der Waals surface area contributed by atoms with E-state index in [0.717, 1.165) is 30.4 Å². The van der Waals surface area contributed by atoms with Crippen LogP contribution in [0.1, 0.15) is 45.4 Å². The molecule has 0 saturated heterocycles. The maximum atomic E-state index is 14.0. The molecular weight excluding hydrogens is 568 g/mol.